The summed E-state index contributed by atoms with van der Waals surface area (Å²) >= 11 is 0. The molecule has 1 spiro atoms. The largest absolute Gasteiger partial charge is 0.449 e. The number of amides is 1. The molecule has 1 radical (unpaired) electrons. The average Bonchev–Trinajstić information content (AvgIpc) is 3.52. The van der Waals surface area contributed by atoms with E-state index in [1.165, 1.54) is 22.3 Å². The van der Waals surface area contributed by atoms with E-state index in [9.17, 15) is 14.7 Å². The SMILES string of the molecule is CC1=C2[CH][C@](C)(CNC(=O)OCC3c4ccccc4-c4ccccc43)C=C2C(=O)[C@](C)(O)C12CC2. The molecule has 0 heterocycles. The van der Waals surface area contributed by atoms with Crippen molar-refractivity contribution in [3.8, 4) is 11.1 Å². The molecule has 5 nitrogen and oxygen atoms in total. The number of carbonyl (C=O) groups is 2. The Kier molecular flexibility index (Phi) is 4.72. The summed E-state index contributed by atoms with van der Waals surface area (Å²) in [5.41, 5.74) is 4.99. The lowest BCUT2D eigenvalue weighted by molar-refractivity contribution is -0.137. The first-order chi connectivity index (χ1) is 16.7. The van der Waals surface area contributed by atoms with Gasteiger partial charge in [-0.1, -0.05) is 67.1 Å². The Hall–Kier alpha value is -3.18. The van der Waals surface area contributed by atoms with E-state index in [2.05, 4.69) is 36.0 Å². The Balaban J connectivity index is 1.14. The molecular formula is C30H30NO4. The quantitative estimate of drug-likeness (QED) is 0.654. The highest BCUT2D eigenvalue weighted by atomic mass is 16.5. The van der Waals surface area contributed by atoms with Crippen LogP contribution in [0.4, 0.5) is 4.79 Å². The molecule has 4 aliphatic carbocycles. The lowest BCUT2D eigenvalue weighted by Gasteiger charge is -2.38. The summed E-state index contributed by atoms with van der Waals surface area (Å²) in [6, 6.07) is 16.5. The number of fused-ring (bicyclic) bond motifs is 4. The normalized spacial score (nSPS) is 27.9. The Morgan fingerprint density at radius 2 is 1.66 bits per heavy atom. The van der Waals surface area contributed by atoms with Crippen molar-refractivity contribution in [3.63, 3.8) is 0 Å². The fourth-order valence-corrected chi connectivity index (χ4v) is 6.46. The van der Waals surface area contributed by atoms with Crippen molar-refractivity contribution in [2.24, 2.45) is 10.8 Å². The zero-order valence-corrected chi connectivity index (χ0v) is 20.4. The van der Waals surface area contributed by atoms with Crippen LogP contribution in [-0.4, -0.2) is 35.7 Å². The van der Waals surface area contributed by atoms with E-state index < -0.39 is 22.5 Å². The number of ether oxygens (including phenoxy) is 1. The average molecular weight is 469 g/mol. The molecule has 35 heavy (non-hydrogen) atoms. The molecule has 0 aromatic heterocycles. The predicted octanol–water partition coefficient (Wildman–Crippen LogP) is 5.11. The Labute approximate surface area is 205 Å². The maximum Gasteiger partial charge on any atom is 0.407 e. The lowest BCUT2D eigenvalue weighted by atomic mass is 9.68. The lowest BCUT2D eigenvalue weighted by Crippen LogP contribution is -2.49. The highest BCUT2D eigenvalue weighted by Gasteiger charge is 2.65. The summed E-state index contributed by atoms with van der Waals surface area (Å²) in [6.07, 6.45) is 5.14. The van der Waals surface area contributed by atoms with Gasteiger partial charge in [0.25, 0.3) is 0 Å². The summed E-state index contributed by atoms with van der Waals surface area (Å²) in [7, 11) is 0. The van der Waals surface area contributed by atoms with E-state index in [0.29, 0.717) is 12.1 Å². The molecule has 0 saturated heterocycles. The third kappa shape index (κ3) is 3.17. The minimum atomic E-state index is -1.37. The standard InChI is InChI=1S/C30H30NO4/c1-18-23-14-28(2,15-24(23)26(32)29(3,34)30(18)12-13-30)17-31-27(33)35-16-25-21-10-6-4-8-19(21)20-9-5-7-11-22(20)25/h4-11,14-15,25,34H,12-13,16-17H2,1-3H3,(H,31,33)/t28-,29-/m0/s1. The molecule has 1 amide bonds. The van der Waals surface area contributed by atoms with E-state index >= 15 is 0 Å². The number of rotatable bonds is 4. The van der Waals surface area contributed by atoms with Crippen LogP contribution < -0.4 is 5.32 Å². The fourth-order valence-electron chi connectivity index (χ4n) is 6.46. The van der Waals surface area contributed by atoms with Crippen LogP contribution in [0.25, 0.3) is 11.1 Å². The van der Waals surface area contributed by atoms with Crippen LogP contribution in [0.2, 0.25) is 0 Å². The minimum Gasteiger partial charge on any atom is -0.449 e. The van der Waals surface area contributed by atoms with Gasteiger partial charge in [-0.3, -0.25) is 4.79 Å². The molecule has 6 rings (SSSR count). The first kappa shape index (κ1) is 22.3. The first-order valence-corrected chi connectivity index (χ1v) is 12.3. The summed E-state index contributed by atoms with van der Waals surface area (Å²) in [5.74, 6) is -0.203. The maximum atomic E-state index is 13.1. The second-order valence-electron chi connectivity index (χ2n) is 10.9. The third-order valence-corrected chi connectivity index (χ3v) is 8.69. The molecule has 0 bridgehead atoms. The number of hydrogen-bond acceptors (Lipinski definition) is 4. The number of Topliss-reactive ketones (excluding diaryl/α,β-unsaturated/α-hetero) is 1. The van der Waals surface area contributed by atoms with Gasteiger partial charge in [-0.2, -0.15) is 0 Å². The van der Waals surface area contributed by atoms with Crippen molar-refractivity contribution < 1.29 is 19.4 Å². The molecule has 4 aliphatic rings. The van der Waals surface area contributed by atoms with E-state index in [4.69, 9.17) is 4.74 Å². The van der Waals surface area contributed by atoms with Gasteiger partial charge in [0.05, 0.1) is 0 Å². The van der Waals surface area contributed by atoms with Crippen molar-refractivity contribution in [3.05, 3.63) is 88.9 Å². The van der Waals surface area contributed by atoms with Gasteiger partial charge >= 0.3 is 6.09 Å². The van der Waals surface area contributed by atoms with Gasteiger partial charge in [0.15, 0.2) is 5.78 Å². The van der Waals surface area contributed by atoms with Gasteiger partial charge in [-0.25, -0.2) is 4.79 Å². The van der Waals surface area contributed by atoms with Crippen molar-refractivity contribution in [1.29, 1.82) is 0 Å². The van der Waals surface area contributed by atoms with Crippen LogP contribution in [-0.2, 0) is 9.53 Å². The molecule has 2 aromatic rings. The molecule has 0 unspecified atom stereocenters. The molecule has 2 N–H and O–H groups in total. The number of nitrogens with one attached hydrogen (secondary N) is 1. The smallest absolute Gasteiger partial charge is 0.407 e. The number of alkyl carbamates (subject to hydrolysis) is 1. The minimum absolute atomic E-state index is 0.00848. The Morgan fingerprint density at radius 3 is 2.26 bits per heavy atom. The van der Waals surface area contributed by atoms with Crippen LogP contribution in [0, 0.1) is 17.3 Å². The van der Waals surface area contributed by atoms with Crippen molar-refractivity contribution >= 4 is 11.9 Å². The second kappa shape index (κ2) is 7.41. The molecular weight excluding hydrogens is 438 g/mol. The highest BCUT2D eigenvalue weighted by Crippen LogP contribution is 2.65. The third-order valence-electron chi connectivity index (χ3n) is 8.69. The van der Waals surface area contributed by atoms with E-state index in [-0.39, 0.29) is 18.3 Å². The number of aliphatic hydroxyl groups is 1. The molecule has 2 aromatic carbocycles. The molecule has 179 valence electrons. The van der Waals surface area contributed by atoms with E-state index in [1.54, 1.807) is 6.92 Å². The summed E-state index contributed by atoms with van der Waals surface area (Å²) in [6.45, 7) is 6.23. The number of carbonyl (C=O) groups excluding carboxylic acids is 2. The zero-order valence-electron chi connectivity index (χ0n) is 20.4. The van der Waals surface area contributed by atoms with Gasteiger partial charge in [-0.05, 0) is 54.5 Å². The van der Waals surface area contributed by atoms with Crippen LogP contribution in [0.3, 0.4) is 0 Å². The summed E-state index contributed by atoms with van der Waals surface area (Å²) < 4.78 is 5.68. The Morgan fingerprint density at radius 1 is 1.06 bits per heavy atom. The Bertz CT molecular complexity index is 1280. The summed E-state index contributed by atoms with van der Waals surface area (Å²) in [5, 5.41) is 13.9. The van der Waals surface area contributed by atoms with Crippen LogP contribution in [0.1, 0.15) is 50.7 Å². The van der Waals surface area contributed by atoms with Gasteiger partial charge in [0, 0.05) is 35.3 Å². The number of ketones is 1. The monoisotopic (exact) mass is 468 g/mol. The van der Waals surface area contributed by atoms with Crippen LogP contribution in [0.15, 0.2) is 71.3 Å². The fraction of sp³-hybridized carbons (Fsp3) is 0.367. The molecule has 0 aliphatic heterocycles. The van der Waals surface area contributed by atoms with Crippen molar-refractivity contribution in [1.82, 2.24) is 5.32 Å². The molecule has 1 fully saturated rings. The van der Waals surface area contributed by atoms with Crippen molar-refractivity contribution in [2.75, 3.05) is 13.2 Å². The van der Waals surface area contributed by atoms with Crippen LogP contribution >= 0.6 is 0 Å². The van der Waals surface area contributed by atoms with Crippen molar-refractivity contribution in [2.45, 2.75) is 45.1 Å². The maximum absolute atomic E-state index is 13.1. The van der Waals surface area contributed by atoms with Gasteiger partial charge in [0.2, 0.25) is 0 Å². The second-order valence-corrected chi connectivity index (χ2v) is 10.9. The van der Waals surface area contributed by atoms with E-state index in [0.717, 1.165) is 24.0 Å². The first-order valence-electron chi connectivity index (χ1n) is 12.3. The zero-order chi connectivity index (χ0) is 24.6. The summed E-state index contributed by atoms with van der Waals surface area (Å²) in [4.78, 5) is 25.8. The number of allylic oxidation sites excluding steroid dienone is 1. The number of hydrogen-bond donors (Lipinski definition) is 2. The van der Waals surface area contributed by atoms with E-state index in [1.807, 2.05) is 44.2 Å². The predicted molar refractivity (Wildman–Crippen MR) is 134 cm³/mol. The van der Waals surface area contributed by atoms with Gasteiger partial charge in [0.1, 0.15) is 12.2 Å². The molecule has 5 heteroatoms. The highest BCUT2D eigenvalue weighted by molar-refractivity contribution is 6.09. The molecule has 1 saturated carbocycles. The van der Waals surface area contributed by atoms with Crippen LogP contribution in [0.5, 0.6) is 0 Å². The van der Waals surface area contributed by atoms with Gasteiger partial charge < -0.3 is 15.2 Å². The number of benzene rings is 2. The molecule has 2 atom stereocenters. The topological polar surface area (TPSA) is 75.6 Å². The van der Waals surface area contributed by atoms with Gasteiger partial charge in [-0.15, -0.1) is 0 Å².